The van der Waals surface area contributed by atoms with Crippen molar-refractivity contribution in [2.24, 2.45) is 5.73 Å². The Bertz CT molecular complexity index is 551. The van der Waals surface area contributed by atoms with Crippen molar-refractivity contribution in [3.63, 3.8) is 0 Å². The van der Waals surface area contributed by atoms with Crippen molar-refractivity contribution in [2.45, 2.75) is 6.10 Å². The van der Waals surface area contributed by atoms with Crippen LogP contribution >= 0.6 is 23.7 Å². The number of thiazole rings is 1. The SMILES string of the molecule is Cl.NC[C@H](O)c1ccc(O)c2[nH]c(=O)sc12. The van der Waals surface area contributed by atoms with Gasteiger partial charge in [0, 0.05) is 12.1 Å². The highest BCUT2D eigenvalue weighted by Gasteiger charge is 2.14. The number of benzene rings is 1. The third kappa shape index (κ3) is 2.05. The topological polar surface area (TPSA) is 99.3 Å². The molecule has 0 spiro atoms. The van der Waals surface area contributed by atoms with Crippen molar-refractivity contribution in [1.29, 1.82) is 0 Å². The molecule has 2 aromatic rings. The van der Waals surface area contributed by atoms with Gasteiger partial charge in [-0.25, -0.2) is 0 Å². The fourth-order valence-electron chi connectivity index (χ4n) is 1.43. The molecule has 7 heteroatoms. The smallest absolute Gasteiger partial charge is 0.305 e. The first-order valence-electron chi connectivity index (χ1n) is 4.36. The Labute approximate surface area is 101 Å². The Kier molecular flexibility index (Phi) is 3.93. The van der Waals surface area contributed by atoms with Crippen LogP contribution in [0, 0.1) is 0 Å². The summed E-state index contributed by atoms with van der Waals surface area (Å²) in [6.07, 6.45) is -0.820. The van der Waals surface area contributed by atoms with Crippen molar-refractivity contribution in [1.82, 2.24) is 4.98 Å². The van der Waals surface area contributed by atoms with Gasteiger partial charge >= 0.3 is 4.87 Å². The van der Waals surface area contributed by atoms with Crippen molar-refractivity contribution in [2.75, 3.05) is 6.54 Å². The van der Waals surface area contributed by atoms with Gasteiger partial charge in [-0.2, -0.15) is 0 Å². The van der Waals surface area contributed by atoms with E-state index < -0.39 is 6.10 Å². The predicted octanol–water partition coefficient (Wildman–Crippen LogP) is 0.709. The molecule has 1 heterocycles. The van der Waals surface area contributed by atoms with Crippen molar-refractivity contribution < 1.29 is 10.2 Å². The summed E-state index contributed by atoms with van der Waals surface area (Å²) in [4.78, 5) is 13.4. The van der Waals surface area contributed by atoms with E-state index in [0.29, 0.717) is 15.8 Å². The molecular formula is C9H11ClN2O3S. The Morgan fingerprint density at radius 1 is 1.50 bits per heavy atom. The zero-order chi connectivity index (χ0) is 11.0. The molecule has 16 heavy (non-hydrogen) atoms. The summed E-state index contributed by atoms with van der Waals surface area (Å²) in [5.41, 5.74) is 6.26. The van der Waals surface area contributed by atoms with Gasteiger partial charge in [0.2, 0.25) is 0 Å². The molecule has 0 saturated carbocycles. The normalized spacial score (nSPS) is 12.4. The number of aromatic hydroxyl groups is 1. The van der Waals surface area contributed by atoms with Crippen molar-refractivity contribution in [3.05, 3.63) is 27.4 Å². The van der Waals surface area contributed by atoms with Crippen molar-refractivity contribution >= 4 is 34.0 Å². The van der Waals surface area contributed by atoms with Gasteiger partial charge in [-0.15, -0.1) is 12.4 Å². The minimum atomic E-state index is -0.820. The molecule has 0 aliphatic carbocycles. The van der Waals surface area contributed by atoms with E-state index in [-0.39, 0.29) is 29.6 Å². The number of aliphatic hydroxyl groups is 1. The molecule has 0 fully saturated rings. The number of halogens is 1. The predicted molar refractivity (Wildman–Crippen MR) is 65.4 cm³/mol. The fourth-order valence-corrected chi connectivity index (χ4v) is 2.35. The lowest BCUT2D eigenvalue weighted by Crippen LogP contribution is -2.11. The molecule has 0 saturated heterocycles. The molecule has 5 N–H and O–H groups in total. The van der Waals surface area contributed by atoms with E-state index in [1.807, 2.05) is 0 Å². The van der Waals surface area contributed by atoms with Gasteiger partial charge in [0.25, 0.3) is 0 Å². The average molecular weight is 263 g/mol. The van der Waals surface area contributed by atoms with Gasteiger partial charge in [-0.05, 0) is 6.07 Å². The maximum absolute atomic E-state index is 11.1. The quantitative estimate of drug-likeness (QED) is 0.640. The number of aliphatic hydroxyl groups excluding tert-OH is 1. The molecule has 0 amide bonds. The Morgan fingerprint density at radius 3 is 2.81 bits per heavy atom. The molecule has 0 aliphatic heterocycles. The third-order valence-electron chi connectivity index (χ3n) is 2.17. The van der Waals surface area contributed by atoms with Crippen LogP contribution in [-0.2, 0) is 0 Å². The van der Waals surface area contributed by atoms with E-state index in [1.54, 1.807) is 6.07 Å². The molecule has 1 aromatic carbocycles. The number of phenolic OH excluding ortho intramolecular Hbond substituents is 1. The second kappa shape index (κ2) is 4.84. The Balaban J connectivity index is 0.00000128. The summed E-state index contributed by atoms with van der Waals surface area (Å²) >= 11 is 0.950. The minimum Gasteiger partial charge on any atom is -0.506 e. The average Bonchev–Trinajstić information content (AvgIpc) is 2.60. The first-order chi connectivity index (χ1) is 7.13. The number of hydrogen-bond acceptors (Lipinski definition) is 5. The van der Waals surface area contributed by atoms with Crippen LogP contribution < -0.4 is 10.6 Å². The van der Waals surface area contributed by atoms with Crippen LogP contribution in [0.15, 0.2) is 16.9 Å². The van der Waals surface area contributed by atoms with Crippen molar-refractivity contribution in [3.8, 4) is 5.75 Å². The number of aromatic amines is 1. The maximum Gasteiger partial charge on any atom is 0.305 e. The zero-order valence-corrected chi connectivity index (χ0v) is 9.77. The molecule has 88 valence electrons. The molecular weight excluding hydrogens is 252 g/mol. The second-order valence-corrected chi connectivity index (χ2v) is 4.13. The van der Waals surface area contributed by atoms with E-state index in [9.17, 15) is 15.0 Å². The maximum atomic E-state index is 11.1. The van der Waals surface area contributed by atoms with E-state index in [0.717, 1.165) is 11.3 Å². The van der Waals surface area contributed by atoms with E-state index in [2.05, 4.69) is 4.98 Å². The number of aromatic nitrogens is 1. The number of rotatable bonds is 2. The van der Waals surface area contributed by atoms with E-state index >= 15 is 0 Å². The first kappa shape index (κ1) is 13.0. The summed E-state index contributed by atoms with van der Waals surface area (Å²) in [5.74, 6) is -0.00341. The van der Waals surface area contributed by atoms with Gasteiger partial charge in [0.05, 0.1) is 10.8 Å². The van der Waals surface area contributed by atoms with E-state index in [1.165, 1.54) is 6.07 Å². The lowest BCUT2D eigenvalue weighted by Gasteiger charge is -2.08. The van der Waals surface area contributed by atoms with Gasteiger partial charge < -0.3 is 20.9 Å². The number of H-pyrrole nitrogens is 1. The number of nitrogens with one attached hydrogen (secondary N) is 1. The van der Waals surface area contributed by atoms with Crippen LogP contribution in [0.5, 0.6) is 5.75 Å². The number of hydrogen-bond donors (Lipinski definition) is 4. The summed E-state index contributed by atoms with van der Waals surface area (Å²) in [7, 11) is 0. The lowest BCUT2D eigenvalue weighted by atomic mass is 10.1. The second-order valence-electron chi connectivity index (χ2n) is 3.14. The van der Waals surface area contributed by atoms with Gasteiger partial charge in [-0.1, -0.05) is 17.4 Å². The van der Waals surface area contributed by atoms with E-state index in [4.69, 9.17) is 5.73 Å². The highest BCUT2D eigenvalue weighted by Crippen LogP contribution is 2.30. The molecule has 0 unspecified atom stereocenters. The fraction of sp³-hybridized carbons (Fsp3) is 0.222. The molecule has 5 nitrogen and oxygen atoms in total. The highest BCUT2D eigenvalue weighted by molar-refractivity contribution is 7.16. The van der Waals surface area contributed by atoms with Crippen LogP contribution in [0.3, 0.4) is 0 Å². The molecule has 1 aromatic heterocycles. The summed E-state index contributed by atoms with van der Waals surface area (Å²) in [6.45, 7) is 0.0754. The molecule has 1 atom stereocenters. The minimum absolute atomic E-state index is 0. The standard InChI is InChI=1S/C9H10N2O3S.ClH/c10-3-6(13)4-1-2-5(12)7-8(4)15-9(14)11-7;/h1-2,6,12-13H,3,10H2,(H,11,14);1H/t6-;/m0./s1. The molecule has 0 bridgehead atoms. The Morgan fingerprint density at radius 2 is 2.19 bits per heavy atom. The van der Waals surface area contributed by atoms with Crippen LogP contribution in [0.25, 0.3) is 10.2 Å². The first-order valence-corrected chi connectivity index (χ1v) is 5.18. The summed E-state index contributed by atoms with van der Waals surface area (Å²) in [5, 5.41) is 19.1. The molecule has 0 radical (unpaired) electrons. The number of fused-ring (bicyclic) bond motifs is 1. The Hall–Kier alpha value is -1.08. The monoisotopic (exact) mass is 262 g/mol. The summed E-state index contributed by atoms with van der Waals surface area (Å²) in [6, 6.07) is 3.00. The van der Waals surface area contributed by atoms with Gasteiger partial charge in [0.1, 0.15) is 11.3 Å². The number of phenols is 1. The van der Waals surface area contributed by atoms with Crippen LogP contribution in [-0.4, -0.2) is 21.7 Å². The molecule has 2 rings (SSSR count). The van der Waals surface area contributed by atoms with Crippen LogP contribution in [0.1, 0.15) is 11.7 Å². The largest absolute Gasteiger partial charge is 0.506 e. The van der Waals surface area contributed by atoms with Gasteiger partial charge in [-0.3, -0.25) is 4.79 Å². The molecule has 0 aliphatic rings. The van der Waals surface area contributed by atoms with Crippen LogP contribution in [0.2, 0.25) is 0 Å². The van der Waals surface area contributed by atoms with Gasteiger partial charge in [0.15, 0.2) is 0 Å². The van der Waals surface area contributed by atoms with Crippen LogP contribution in [0.4, 0.5) is 0 Å². The zero-order valence-electron chi connectivity index (χ0n) is 8.14. The number of nitrogens with two attached hydrogens (primary N) is 1. The summed E-state index contributed by atoms with van der Waals surface area (Å²) < 4.78 is 0.554. The highest BCUT2D eigenvalue weighted by atomic mass is 35.5. The lowest BCUT2D eigenvalue weighted by molar-refractivity contribution is 0.188. The third-order valence-corrected chi connectivity index (χ3v) is 3.10.